The number of hydrogen-bond acceptors (Lipinski definition) is 5. The van der Waals surface area contributed by atoms with Crippen molar-refractivity contribution in [3.8, 4) is 0 Å². The highest BCUT2D eigenvalue weighted by Gasteiger charge is 2.37. The third-order valence-electron chi connectivity index (χ3n) is 4.97. The van der Waals surface area contributed by atoms with Crippen molar-refractivity contribution in [2.24, 2.45) is 11.3 Å². The summed E-state index contributed by atoms with van der Waals surface area (Å²) in [4.78, 5) is 37.3. The summed E-state index contributed by atoms with van der Waals surface area (Å²) in [5, 5.41) is 5.62. The van der Waals surface area contributed by atoms with Crippen molar-refractivity contribution in [1.29, 1.82) is 0 Å². The summed E-state index contributed by atoms with van der Waals surface area (Å²) in [5.74, 6) is 0.459. The molecule has 0 saturated carbocycles. The average Bonchev–Trinajstić information content (AvgIpc) is 2.84. The van der Waals surface area contributed by atoms with E-state index in [2.05, 4.69) is 10.6 Å². The van der Waals surface area contributed by atoms with Crippen LogP contribution in [0.15, 0.2) is 4.42 Å². The third-order valence-corrected chi connectivity index (χ3v) is 4.97. The van der Waals surface area contributed by atoms with Gasteiger partial charge in [-0.2, -0.15) is 0 Å². The second-order valence-electron chi connectivity index (χ2n) is 10.0. The van der Waals surface area contributed by atoms with Crippen LogP contribution in [0, 0.1) is 18.3 Å². The number of rotatable bonds is 5. The normalized spacial score (nSPS) is 16.9. The van der Waals surface area contributed by atoms with E-state index in [1.807, 2.05) is 27.7 Å². The molecule has 0 aliphatic heterocycles. The molecule has 1 atom stereocenters. The van der Waals surface area contributed by atoms with Gasteiger partial charge in [0, 0.05) is 24.9 Å². The fourth-order valence-electron chi connectivity index (χ4n) is 3.49. The van der Waals surface area contributed by atoms with Gasteiger partial charge in [-0.15, -0.1) is 0 Å². The van der Waals surface area contributed by atoms with Crippen molar-refractivity contribution in [3.05, 3.63) is 22.6 Å². The Bertz CT molecular complexity index is 799. The first-order chi connectivity index (χ1) is 13.2. The molecule has 162 valence electrons. The van der Waals surface area contributed by atoms with Crippen LogP contribution < -0.4 is 10.6 Å². The van der Waals surface area contributed by atoms with Crippen LogP contribution in [0.1, 0.15) is 87.1 Å². The van der Waals surface area contributed by atoms with E-state index >= 15 is 0 Å². The second-order valence-corrected chi connectivity index (χ2v) is 10.0. The molecule has 1 heterocycles. The van der Waals surface area contributed by atoms with Gasteiger partial charge in [0.25, 0.3) is 5.91 Å². The highest BCUT2D eigenvalue weighted by molar-refractivity contribution is 6.03. The lowest BCUT2D eigenvalue weighted by atomic mass is 9.76. The van der Waals surface area contributed by atoms with E-state index in [1.54, 1.807) is 27.7 Å². The topological polar surface area (TPSA) is 97.6 Å². The maximum absolute atomic E-state index is 12.7. The van der Waals surface area contributed by atoms with E-state index < -0.39 is 11.7 Å². The molecule has 0 bridgehead atoms. The molecule has 7 heteroatoms. The SMILES string of the molecule is Cc1c(C(=O)NCC(NC(=O)OC(C)(C)C)C(C)C)oc2c1C(=O)CC(C)(C)C2. The van der Waals surface area contributed by atoms with Crippen LogP contribution in [0.4, 0.5) is 4.79 Å². The van der Waals surface area contributed by atoms with Crippen molar-refractivity contribution >= 4 is 17.8 Å². The standard InChI is InChI=1S/C22H34N2O5/c1-12(2)14(24-20(27)29-21(4,5)6)11-23-19(26)18-13(3)17-15(25)9-22(7,8)10-16(17)28-18/h12,14H,9-11H2,1-8H3,(H,23,26)(H,24,27). The molecule has 2 rings (SSSR count). The second kappa shape index (κ2) is 8.20. The quantitative estimate of drug-likeness (QED) is 0.770. The predicted octanol–water partition coefficient (Wildman–Crippen LogP) is 4.02. The van der Waals surface area contributed by atoms with E-state index in [9.17, 15) is 14.4 Å². The summed E-state index contributed by atoms with van der Waals surface area (Å²) >= 11 is 0. The number of Topliss-reactive ketones (excluding diaryl/α,β-unsaturated/α-hetero) is 1. The van der Waals surface area contributed by atoms with Crippen molar-refractivity contribution in [2.75, 3.05) is 6.54 Å². The minimum absolute atomic E-state index is 0.0169. The van der Waals surface area contributed by atoms with Gasteiger partial charge >= 0.3 is 6.09 Å². The number of amides is 2. The Balaban J connectivity index is 2.08. The predicted molar refractivity (Wildman–Crippen MR) is 110 cm³/mol. The van der Waals surface area contributed by atoms with Crippen LogP contribution in [-0.4, -0.2) is 36.0 Å². The molecular weight excluding hydrogens is 372 g/mol. The number of alkyl carbamates (subject to hydrolysis) is 1. The van der Waals surface area contributed by atoms with Gasteiger partial charge in [0.1, 0.15) is 11.4 Å². The Kier molecular flexibility index (Phi) is 6.50. The Labute approximate surface area is 172 Å². The lowest BCUT2D eigenvalue weighted by Gasteiger charge is -2.27. The lowest BCUT2D eigenvalue weighted by Crippen LogP contribution is -2.48. The van der Waals surface area contributed by atoms with E-state index in [0.717, 1.165) is 0 Å². The number of ether oxygens (including phenoxy) is 1. The zero-order valence-corrected chi connectivity index (χ0v) is 18.8. The van der Waals surface area contributed by atoms with E-state index in [4.69, 9.17) is 9.15 Å². The van der Waals surface area contributed by atoms with Crippen LogP contribution in [0.25, 0.3) is 0 Å². The summed E-state index contributed by atoms with van der Waals surface area (Å²) in [6.07, 6.45) is 0.538. The Morgan fingerprint density at radius 3 is 2.38 bits per heavy atom. The molecule has 1 aliphatic rings. The number of furan rings is 1. The largest absolute Gasteiger partial charge is 0.455 e. The molecule has 1 aromatic heterocycles. The van der Waals surface area contributed by atoms with Crippen molar-refractivity contribution in [3.63, 3.8) is 0 Å². The van der Waals surface area contributed by atoms with Gasteiger partial charge in [-0.05, 0) is 39.0 Å². The van der Waals surface area contributed by atoms with Gasteiger partial charge in [-0.3, -0.25) is 9.59 Å². The number of ketones is 1. The maximum atomic E-state index is 12.7. The van der Waals surface area contributed by atoms with Gasteiger partial charge in [-0.25, -0.2) is 4.79 Å². The monoisotopic (exact) mass is 406 g/mol. The summed E-state index contributed by atoms with van der Waals surface area (Å²) < 4.78 is 11.1. The summed E-state index contributed by atoms with van der Waals surface area (Å²) in [6, 6.07) is -0.306. The zero-order chi connectivity index (χ0) is 22.1. The molecule has 7 nitrogen and oxygen atoms in total. The van der Waals surface area contributed by atoms with Crippen LogP contribution in [0.5, 0.6) is 0 Å². The van der Waals surface area contributed by atoms with E-state index in [1.165, 1.54) is 0 Å². The molecule has 2 N–H and O–H groups in total. The molecule has 0 saturated heterocycles. The van der Waals surface area contributed by atoms with Crippen LogP contribution >= 0.6 is 0 Å². The number of carbonyl (C=O) groups is 3. The first-order valence-electron chi connectivity index (χ1n) is 10.1. The molecule has 1 unspecified atom stereocenters. The maximum Gasteiger partial charge on any atom is 0.407 e. The summed E-state index contributed by atoms with van der Waals surface area (Å²) in [6.45, 7) is 15.3. The Hall–Kier alpha value is -2.31. The zero-order valence-electron chi connectivity index (χ0n) is 18.8. The van der Waals surface area contributed by atoms with E-state index in [-0.39, 0.29) is 41.4 Å². The Morgan fingerprint density at radius 2 is 1.83 bits per heavy atom. The van der Waals surface area contributed by atoms with Gasteiger partial charge in [0.2, 0.25) is 0 Å². The summed E-state index contributed by atoms with van der Waals surface area (Å²) in [7, 11) is 0. The lowest BCUT2D eigenvalue weighted by molar-refractivity contribution is 0.0487. The smallest absolute Gasteiger partial charge is 0.407 e. The highest BCUT2D eigenvalue weighted by Crippen LogP contribution is 2.38. The molecule has 1 aromatic rings. The van der Waals surface area contributed by atoms with Gasteiger partial charge in [0.05, 0.1) is 11.6 Å². The molecule has 0 aromatic carbocycles. The number of nitrogens with one attached hydrogen (secondary N) is 2. The highest BCUT2D eigenvalue weighted by atomic mass is 16.6. The molecular formula is C22H34N2O5. The minimum Gasteiger partial charge on any atom is -0.455 e. The van der Waals surface area contributed by atoms with Crippen molar-refractivity contribution in [1.82, 2.24) is 10.6 Å². The Morgan fingerprint density at radius 1 is 1.21 bits per heavy atom. The van der Waals surface area contributed by atoms with Gasteiger partial charge in [-0.1, -0.05) is 27.7 Å². The van der Waals surface area contributed by atoms with Crippen LogP contribution in [0.3, 0.4) is 0 Å². The molecule has 0 fully saturated rings. The number of carbonyl (C=O) groups excluding carboxylic acids is 3. The number of fused-ring (bicyclic) bond motifs is 1. The number of hydrogen-bond donors (Lipinski definition) is 2. The molecule has 29 heavy (non-hydrogen) atoms. The van der Waals surface area contributed by atoms with Crippen LogP contribution in [-0.2, 0) is 11.2 Å². The van der Waals surface area contributed by atoms with Gasteiger partial charge < -0.3 is 19.8 Å². The first-order valence-corrected chi connectivity index (χ1v) is 10.1. The fraction of sp³-hybridized carbons (Fsp3) is 0.682. The first kappa shape index (κ1) is 23.0. The van der Waals surface area contributed by atoms with Gasteiger partial charge in [0.15, 0.2) is 11.5 Å². The third kappa shape index (κ3) is 5.84. The molecule has 1 aliphatic carbocycles. The molecule has 0 spiro atoms. The van der Waals surface area contributed by atoms with Crippen molar-refractivity contribution in [2.45, 2.75) is 79.9 Å². The minimum atomic E-state index is -0.598. The molecule has 0 radical (unpaired) electrons. The average molecular weight is 407 g/mol. The van der Waals surface area contributed by atoms with Crippen LogP contribution in [0.2, 0.25) is 0 Å². The fourth-order valence-corrected chi connectivity index (χ4v) is 3.49. The summed E-state index contributed by atoms with van der Waals surface area (Å²) in [5.41, 5.74) is 0.350. The van der Waals surface area contributed by atoms with Crippen molar-refractivity contribution < 1.29 is 23.5 Å². The molecule has 2 amide bonds. The van der Waals surface area contributed by atoms with E-state index in [0.29, 0.717) is 29.7 Å².